The first-order valence-corrected chi connectivity index (χ1v) is 8.49. The van der Waals surface area contributed by atoms with Crippen molar-refractivity contribution >= 4 is 17.3 Å². The van der Waals surface area contributed by atoms with Crippen LogP contribution in [0.2, 0.25) is 0 Å². The van der Waals surface area contributed by atoms with Crippen molar-refractivity contribution in [3.05, 3.63) is 58.6 Å². The van der Waals surface area contributed by atoms with Crippen molar-refractivity contribution < 1.29 is 19.2 Å². The number of carbonyl (C=O) groups is 1. The Morgan fingerprint density at radius 3 is 2.48 bits per heavy atom. The Hall–Kier alpha value is -3.29. The maximum Gasteiger partial charge on any atom is 0.292 e. The molecule has 0 aliphatic rings. The number of rotatable bonds is 10. The van der Waals surface area contributed by atoms with Crippen LogP contribution in [0.5, 0.6) is 11.5 Å². The van der Waals surface area contributed by atoms with Crippen LogP contribution in [0.1, 0.15) is 6.42 Å². The van der Waals surface area contributed by atoms with Gasteiger partial charge in [0.25, 0.3) is 5.69 Å². The Morgan fingerprint density at radius 1 is 1.15 bits per heavy atom. The number of nitro groups is 1. The molecule has 8 heteroatoms. The first kappa shape index (κ1) is 20.0. The lowest BCUT2D eigenvalue weighted by Gasteiger charge is -2.18. The maximum absolute atomic E-state index is 12.2. The van der Waals surface area contributed by atoms with Gasteiger partial charge in [0.2, 0.25) is 5.91 Å². The van der Waals surface area contributed by atoms with Crippen LogP contribution in [0.15, 0.2) is 48.5 Å². The maximum atomic E-state index is 12.2. The average Bonchev–Trinajstić information content (AvgIpc) is 2.68. The monoisotopic (exact) mass is 373 g/mol. The smallest absolute Gasteiger partial charge is 0.292 e. The van der Waals surface area contributed by atoms with Gasteiger partial charge in [0, 0.05) is 26.1 Å². The number of anilines is 1. The fraction of sp³-hybridized carbons (Fsp3) is 0.316. The van der Waals surface area contributed by atoms with Gasteiger partial charge in [0.15, 0.2) is 0 Å². The molecule has 2 rings (SSSR count). The number of methoxy groups -OCH3 is 1. The summed E-state index contributed by atoms with van der Waals surface area (Å²) in [5, 5.41) is 13.9. The van der Waals surface area contributed by atoms with Gasteiger partial charge in [0.05, 0.1) is 18.6 Å². The van der Waals surface area contributed by atoms with Crippen LogP contribution in [-0.4, -0.2) is 49.6 Å². The van der Waals surface area contributed by atoms with E-state index >= 15 is 0 Å². The summed E-state index contributed by atoms with van der Waals surface area (Å²) in [6.07, 6.45) is 0.227. The van der Waals surface area contributed by atoms with E-state index in [1.807, 2.05) is 0 Å². The molecule has 1 N–H and O–H groups in total. The number of nitrogens with one attached hydrogen (secondary N) is 1. The normalized spacial score (nSPS) is 10.1. The summed E-state index contributed by atoms with van der Waals surface area (Å²) in [5.74, 6) is 1.38. The lowest BCUT2D eigenvalue weighted by molar-refractivity contribution is -0.384. The van der Waals surface area contributed by atoms with Crippen molar-refractivity contribution in [1.82, 2.24) is 4.90 Å². The van der Waals surface area contributed by atoms with E-state index in [2.05, 4.69) is 5.32 Å². The van der Waals surface area contributed by atoms with Crippen molar-refractivity contribution in [1.29, 1.82) is 0 Å². The number of ether oxygens (including phenoxy) is 2. The molecule has 0 aromatic heterocycles. The highest BCUT2D eigenvalue weighted by Gasteiger charge is 2.13. The van der Waals surface area contributed by atoms with E-state index in [9.17, 15) is 14.9 Å². The second-order valence-electron chi connectivity index (χ2n) is 5.79. The van der Waals surface area contributed by atoms with Gasteiger partial charge < -0.3 is 19.7 Å². The Bertz CT molecular complexity index is 764. The minimum absolute atomic E-state index is 0.00815. The first-order valence-electron chi connectivity index (χ1n) is 8.49. The zero-order valence-electron chi connectivity index (χ0n) is 15.4. The number of nitro benzene ring substituents is 1. The molecular weight excluding hydrogens is 350 g/mol. The van der Waals surface area contributed by atoms with Crippen LogP contribution in [0.25, 0.3) is 0 Å². The molecule has 0 saturated heterocycles. The number of hydrogen-bond donors (Lipinski definition) is 1. The van der Waals surface area contributed by atoms with Gasteiger partial charge in [-0.2, -0.15) is 0 Å². The highest BCUT2D eigenvalue weighted by Crippen LogP contribution is 2.23. The largest absolute Gasteiger partial charge is 0.497 e. The molecule has 0 bridgehead atoms. The highest BCUT2D eigenvalue weighted by molar-refractivity contribution is 5.76. The fourth-order valence-corrected chi connectivity index (χ4v) is 2.37. The van der Waals surface area contributed by atoms with E-state index < -0.39 is 4.92 Å². The van der Waals surface area contributed by atoms with E-state index in [1.54, 1.807) is 61.5 Å². The Kier molecular flexibility index (Phi) is 7.42. The lowest BCUT2D eigenvalue weighted by Crippen LogP contribution is -2.32. The van der Waals surface area contributed by atoms with Crippen LogP contribution in [0, 0.1) is 10.1 Å². The number of amides is 1. The molecule has 0 saturated carbocycles. The molecule has 0 atom stereocenters. The predicted molar refractivity (Wildman–Crippen MR) is 102 cm³/mol. The molecule has 1 amide bonds. The third-order valence-electron chi connectivity index (χ3n) is 3.94. The number of hydrogen-bond acceptors (Lipinski definition) is 6. The summed E-state index contributed by atoms with van der Waals surface area (Å²) in [7, 11) is 3.30. The van der Waals surface area contributed by atoms with Gasteiger partial charge in [-0.25, -0.2) is 0 Å². The molecule has 27 heavy (non-hydrogen) atoms. The standard InChI is InChI=1S/C19H23N3O5/c1-21(13-14-27-16-9-7-15(26-2)8-10-16)19(23)11-12-20-17-5-3-4-6-18(17)22(24)25/h3-10,20H,11-14H2,1-2H3. The molecule has 0 aliphatic heterocycles. The minimum Gasteiger partial charge on any atom is -0.497 e. The molecular formula is C19H23N3O5. The summed E-state index contributed by atoms with van der Waals surface area (Å²) in [6, 6.07) is 13.6. The van der Waals surface area contributed by atoms with Crippen molar-refractivity contribution in [2.45, 2.75) is 6.42 Å². The fourth-order valence-electron chi connectivity index (χ4n) is 2.37. The Morgan fingerprint density at radius 2 is 1.81 bits per heavy atom. The van der Waals surface area contributed by atoms with Crippen LogP contribution in [-0.2, 0) is 4.79 Å². The lowest BCUT2D eigenvalue weighted by atomic mass is 10.2. The van der Waals surface area contributed by atoms with E-state index in [4.69, 9.17) is 9.47 Å². The molecule has 8 nitrogen and oxygen atoms in total. The summed E-state index contributed by atoms with van der Waals surface area (Å²) in [6.45, 7) is 1.12. The molecule has 0 aliphatic carbocycles. The third kappa shape index (κ3) is 6.18. The highest BCUT2D eigenvalue weighted by atomic mass is 16.6. The average molecular weight is 373 g/mol. The van der Waals surface area contributed by atoms with E-state index in [-0.39, 0.29) is 18.0 Å². The van der Waals surface area contributed by atoms with E-state index in [0.717, 1.165) is 5.75 Å². The second-order valence-corrected chi connectivity index (χ2v) is 5.79. The van der Waals surface area contributed by atoms with Crippen molar-refractivity contribution in [2.75, 3.05) is 39.2 Å². The third-order valence-corrected chi connectivity index (χ3v) is 3.94. The summed E-state index contributed by atoms with van der Waals surface area (Å²) < 4.78 is 10.7. The molecule has 144 valence electrons. The van der Waals surface area contributed by atoms with Crippen molar-refractivity contribution in [3.63, 3.8) is 0 Å². The Labute approximate surface area is 157 Å². The van der Waals surface area contributed by atoms with E-state index in [0.29, 0.717) is 31.1 Å². The van der Waals surface area contributed by atoms with Crippen LogP contribution in [0.4, 0.5) is 11.4 Å². The second kappa shape index (κ2) is 10.0. The van der Waals surface area contributed by atoms with Gasteiger partial charge >= 0.3 is 0 Å². The van der Waals surface area contributed by atoms with Crippen molar-refractivity contribution in [3.8, 4) is 11.5 Å². The molecule has 0 unspecified atom stereocenters. The summed E-state index contributed by atoms with van der Waals surface area (Å²) >= 11 is 0. The molecule has 0 fully saturated rings. The number of nitrogens with zero attached hydrogens (tertiary/aromatic N) is 2. The zero-order chi connectivity index (χ0) is 19.6. The van der Waals surface area contributed by atoms with Gasteiger partial charge in [-0.05, 0) is 30.3 Å². The molecule has 2 aromatic carbocycles. The number of para-hydroxylation sites is 2. The number of benzene rings is 2. The van der Waals surface area contributed by atoms with Crippen LogP contribution >= 0.6 is 0 Å². The minimum atomic E-state index is -0.452. The van der Waals surface area contributed by atoms with Gasteiger partial charge in [0.1, 0.15) is 23.8 Å². The van der Waals surface area contributed by atoms with Gasteiger partial charge in [-0.1, -0.05) is 12.1 Å². The quantitative estimate of drug-likeness (QED) is 0.508. The SMILES string of the molecule is COc1ccc(OCCN(C)C(=O)CCNc2ccccc2[N+](=O)[O-])cc1. The Balaban J connectivity index is 1.71. The summed E-state index contributed by atoms with van der Waals surface area (Å²) in [5.41, 5.74) is 0.395. The molecule has 0 spiro atoms. The topological polar surface area (TPSA) is 93.9 Å². The predicted octanol–water partition coefficient (Wildman–Crippen LogP) is 2.94. The van der Waals surface area contributed by atoms with Crippen molar-refractivity contribution in [2.24, 2.45) is 0 Å². The summed E-state index contributed by atoms with van der Waals surface area (Å²) in [4.78, 5) is 24.2. The van der Waals surface area contributed by atoms with Crippen LogP contribution < -0.4 is 14.8 Å². The molecule has 0 radical (unpaired) electrons. The molecule has 0 heterocycles. The van der Waals surface area contributed by atoms with E-state index in [1.165, 1.54) is 6.07 Å². The first-order chi connectivity index (χ1) is 13.0. The van der Waals surface area contributed by atoms with Gasteiger partial charge in [-0.15, -0.1) is 0 Å². The van der Waals surface area contributed by atoms with Gasteiger partial charge in [-0.3, -0.25) is 14.9 Å². The van der Waals surface area contributed by atoms with Crippen LogP contribution in [0.3, 0.4) is 0 Å². The number of carbonyl (C=O) groups excluding carboxylic acids is 1. The molecule has 2 aromatic rings. The zero-order valence-corrected chi connectivity index (χ0v) is 15.4. The number of likely N-dealkylation sites (N-methyl/N-ethyl adjacent to an activating group) is 1.